The van der Waals surface area contributed by atoms with Gasteiger partial charge in [-0.2, -0.15) is 0 Å². The Bertz CT molecular complexity index is 446. The van der Waals surface area contributed by atoms with Crippen LogP contribution in [-0.2, 0) is 6.42 Å². The molecule has 0 unspecified atom stereocenters. The van der Waals surface area contributed by atoms with Gasteiger partial charge in [-0.1, -0.05) is 36.4 Å². The second-order valence-corrected chi connectivity index (χ2v) is 3.67. The zero-order chi connectivity index (χ0) is 9.97. The third-order valence-electron chi connectivity index (χ3n) is 2.56. The summed E-state index contributed by atoms with van der Waals surface area (Å²) in [5, 5.41) is 2.66. The van der Waals surface area contributed by atoms with Crippen LogP contribution >= 0.6 is 0 Å². The van der Waals surface area contributed by atoms with Crippen molar-refractivity contribution in [1.82, 2.24) is 0 Å². The fourth-order valence-electron chi connectivity index (χ4n) is 1.89. The zero-order valence-electron chi connectivity index (χ0n) is 8.46. The van der Waals surface area contributed by atoms with Crippen molar-refractivity contribution >= 4 is 10.8 Å². The van der Waals surface area contributed by atoms with Crippen LogP contribution in [0.2, 0.25) is 0 Å². The topological polar surface area (TPSA) is 26.0 Å². The first-order valence-corrected chi connectivity index (χ1v) is 4.99. The summed E-state index contributed by atoms with van der Waals surface area (Å²) < 4.78 is 0. The van der Waals surface area contributed by atoms with Crippen LogP contribution in [0.4, 0.5) is 0 Å². The molecule has 0 bridgehead atoms. The number of nitrogens with two attached hydrogens (primary N) is 1. The largest absolute Gasteiger partial charge is 0.330 e. The van der Waals surface area contributed by atoms with E-state index in [1.165, 1.54) is 21.9 Å². The van der Waals surface area contributed by atoms with Crippen LogP contribution in [-0.4, -0.2) is 6.54 Å². The Labute approximate surface area is 84.5 Å². The molecule has 0 radical (unpaired) electrons. The molecule has 0 heterocycles. The summed E-state index contributed by atoms with van der Waals surface area (Å²) in [6.45, 7) is 2.88. The quantitative estimate of drug-likeness (QED) is 0.764. The van der Waals surface area contributed by atoms with Gasteiger partial charge < -0.3 is 5.73 Å². The SMILES string of the molecule is Cc1cc(CCN)cc2ccccc12. The molecule has 0 amide bonds. The van der Waals surface area contributed by atoms with Gasteiger partial charge in [-0.15, -0.1) is 0 Å². The Kier molecular flexibility index (Phi) is 2.51. The molecular formula is C13H15N. The molecule has 14 heavy (non-hydrogen) atoms. The average Bonchev–Trinajstić information content (AvgIpc) is 2.18. The summed E-state index contributed by atoms with van der Waals surface area (Å²) in [6, 6.07) is 12.9. The van der Waals surface area contributed by atoms with E-state index < -0.39 is 0 Å². The maximum atomic E-state index is 5.55. The predicted molar refractivity (Wildman–Crippen MR) is 61.4 cm³/mol. The first-order chi connectivity index (χ1) is 6.81. The van der Waals surface area contributed by atoms with Gasteiger partial charge in [0.1, 0.15) is 0 Å². The highest BCUT2D eigenvalue weighted by Gasteiger charge is 1.99. The molecule has 0 saturated carbocycles. The molecule has 0 atom stereocenters. The summed E-state index contributed by atoms with van der Waals surface area (Å²) in [5.74, 6) is 0. The normalized spacial score (nSPS) is 10.7. The molecule has 0 saturated heterocycles. The van der Waals surface area contributed by atoms with Crippen LogP contribution in [0.3, 0.4) is 0 Å². The van der Waals surface area contributed by atoms with E-state index in [2.05, 4.69) is 43.3 Å². The molecule has 1 heteroatoms. The minimum atomic E-state index is 0.720. The molecule has 0 spiro atoms. The van der Waals surface area contributed by atoms with E-state index >= 15 is 0 Å². The van der Waals surface area contributed by atoms with Gasteiger partial charge >= 0.3 is 0 Å². The van der Waals surface area contributed by atoms with Gasteiger partial charge in [-0.05, 0) is 41.8 Å². The number of benzene rings is 2. The molecule has 2 aromatic carbocycles. The smallest absolute Gasteiger partial charge is 0.00367 e. The standard InChI is InChI=1S/C13H15N/c1-10-8-11(6-7-14)9-12-4-2-3-5-13(10)12/h2-5,8-9H,6-7,14H2,1H3. The van der Waals surface area contributed by atoms with E-state index in [0.29, 0.717) is 0 Å². The van der Waals surface area contributed by atoms with Crippen molar-refractivity contribution in [1.29, 1.82) is 0 Å². The van der Waals surface area contributed by atoms with Crippen molar-refractivity contribution in [2.75, 3.05) is 6.54 Å². The lowest BCUT2D eigenvalue weighted by Crippen LogP contribution is -2.02. The second-order valence-electron chi connectivity index (χ2n) is 3.67. The van der Waals surface area contributed by atoms with Crippen molar-refractivity contribution < 1.29 is 0 Å². The van der Waals surface area contributed by atoms with Gasteiger partial charge in [0, 0.05) is 0 Å². The Morgan fingerprint density at radius 3 is 2.71 bits per heavy atom. The average molecular weight is 185 g/mol. The molecule has 0 aromatic heterocycles. The van der Waals surface area contributed by atoms with Gasteiger partial charge in [0.05, 0.1) is 0 Å². The molecule has 72 valence electrons. The van der Waals surface area contributed by atoms with Gasteiger partial charge in [-0.25, -0.2) is 0 Å². The highest BCUT2D eigenvalue weighted by molar-refractivity contribution is 5.86. The van der Waals surface area contributed by atoms with Crippen LogP contribution in [0.15, 0.2) is 36.4 Å². The highest BCUT2D eigenvalue weighted by Crippen LogP contribution is 2.20. The minimum Gasteiger partial charge on any atom is -0.330 e. The van der Waals surface area contributed by atoms with E-state index in [4.69, 9.17) is 5.73 Å². The van der Waals surface area contributed by atoms with Crippen molar-refractivity contribution in [3.63, 3.8) is 0 Å². The lowest BCUT2D eigenvalue weighted by atomic mass is 10.0. The lowest BCUT2D eigenvalue weighted by Gasteiger charge is -2.05. The van der Waals surface area contributed by atoms with Crippen molar-refractivity contribution in [3.8, 4) is 0 Å². The molecule has 0 fully saturated rings. The summed E-state index contributed by atoms with van der Waals surface area (Å²) >= 11 is 0. The molecule has 0 aliphatic heterocycles. The number of hydrogen-bond acceptors (Lipinski definition) is 1. The van der Waals surface area contributed by atoms with Gasteiger partial charge in [0.25, 0.3) is 0 Å². The first-order valence-electron chi connectivity index (χ1n) is 4.99. The predicted octanol–water partition coefficient (Wildman–Crippen LogP) is 2.65. The molecule has 2 aromatic rings. The van der Waals surface area contributed by atoms with Crippen molar-refractivity contribution in [2.24, 2.45) is 5.73 Å². The lowest BCUT2D eigenvalue weighted by molar-refractivity contribution is 0.969. The summed E-state index contributed by atoms with van der Waals surface area (Å²) in [5.41, 5.74) is 8.23. The van der Waals surface area contributed by atoms with Crippen LogP contribution in [0.5, 0.6) is 0 Å². The number of hydrogen-bond donors (Lipinski definition) is 1. The Morgan fingerprint density at radius 1 is 1.14 bits per heavy atom. The molecular weight excluding hydrogens is 170 g/mol. The molecule has 1 nitrogen and oxygen atoms in total. The van der Waals surface area contributed by atoms with E-state index in [1.807, 2.05) is 0 Å². The molecule has 2 N–H and O–H groups in total. The van der Waals surface area contributed by atoms with Crippen LogP contribution < -0.4 is 5.73 Å². The van der Waals surface area contributed by atoms with E-state index in [9.17, 15) is 0 Å². The Hall–Kier alpha value is -1.34. The van der Waals surface area contributed by atoms with Crippen LogP contribution in [0.25, 0.3) is 10.8 Å². The first kappa shape index (κ1) is 9.22. The minimum absolute atomic E-state index is 0.720. The van der Waals surface area contributed by atoms with E-state index in [-0.39, 0.29) is 0 Å². The molecule has 2 rings (SSSR count). The van der Waals surface area contributed by atoms with Crippen molar-refractivity contribution in [2.45, 2.75) is 13.3 Å². The molecule has 0 aliphatic carbocycles. The zero-order valence-corrected chi connectivity index (χ0v) is 8.46. The summed E-state index contributed by atoms with van der Waals surface area (Å²) in [6.07, 6.45) is 0.964. The summed E-state index contributed by atoms with van der Waals surface area (Å²) in [7, 11) is 0. The molecule has 0 aliphatic rings. The Balaban J connectivity index is 2.60. The third kappa shape index (κ3) is 1.64. The maximum Gasteiger partial charge on any atom is -0.00367 e. The second kappa shape index (κ2) is 3.81. The Morgan fingerprint density at radius 2 is 1.93 bits per heavy atom. The summed E-state index contributed by atoms with van der Waals surface area (Å²) in [4.78, 5) is 0. The number of fused-ring (bicyclic) bond motifs is 1. The monoisotopic (exact) mass is 185 g/mol. The van der Waals surface area contributed by atoms with E-state index in [1.54, 1.807) is 0 Å². The number of rotatable bonds is 2. The van der Waals surface area contributed by atoms with Crippen LogP contribution in [0.1, 0.15) is 11.1 Å². The number of aryl methyl sites for hydroxylation is 1. The van der Waals surface area contributed by atoms with Crippen LogP contribution in [0, 0.1) is 6.92 Å². The highest BCUT2D eigenvalue weighted by atomic mass is 14.5. The maximum absolute atomic E-state index is 5.55. The van der Waals surface area contributed by atoms with Crippen molar-refractivity contribution in [3.05, 3.63) is 47.5 Å². The third-order valence-corrected chi connectivity index (χ3v) is 2.56. The fraction of sp³-hybridized carbons (Fsp3) is 0.231. The van der Waals surface area contributed by atoms with Gasteiger partial charge in [-0.3, -0.25) is 0 Å². The fourth-order valence-corrected chi connectivity index (χ4v) is 1.89. The van der Waals surface area contributed by atoms with Gasteiger partial charge in [0.2, 0.25) is 0 Å². The van der Waals surface area contributed by atoms with Gasteiger partial charge in [0.15, 0.2) is 0 Å². The van der Waals surface area contributed by atoms with E-state index in [0.717, 1.165) is 13.0 Å².